The van der Waals surface area contributed by atoms with Crippen molar-refractivity contribution in [3.63, 3.8) is 0 Å². The number of nitrogens with two attached hydrogens (primary N) is 1. The fourth-order valence-corrected chi connectivity index (χ4v) is 2.37. The summed E-state index contributed by atoms with van der Waals surface area (Å²) in [4.78, 5) is 14.4. The molecule has 0 bridgehead atoms. The van der Waals surface area contributed by atoms with E-state index in [1.165, 1.54) is 0 Å². The molecule has 0 fully saturated rings. The molecule has 0 saturated carbocycles. The molecule has 2 rings (SSSR count). The van der Waals surface area contributed by atoms with Gasteiger partial charge in [-0.2, -0.15) is 0 Å². The number of carbonyl (C=O) groups excluding carboxylic acids is 1. The molecule has 0 radical (unpaired) electrons. The van der Waals surface area contributed by atoms with E-state index in [-0.39, 0.29) is 17.9 Å². The minimum absolute atomic E-state index is 0.0141. The van der Waals surface area contributed by atoms with Crippen molar-refractivity contribution in [2.75, 3.05) is 11.4 Å². The van der Waals surface area contributed by atoms with Crippen molar-refractivity contribution in [1.29, 1.82) is 0 Å². The van der Waals surface area contributed by atoms with Gasteiger partial charge in [-0.1, -0.05) is 26.8 Å². The monoisotopic (exact) mass is 276 g/mol. The van der Waals surface area contributed by atoms with E-state index >= 15 is 0 Å². The normalized spacial score (nSPS) is 19.8. The summed E-state index contributed by atoms with van der Waals surface area (Å²) in [7, 11) is 0. The van der Waals surface area contributed by atoms with Crippen LogP contribution in [0.15, 0.2) is 18.2 Å². The molecule has 1 aliphatic heterocycles. The highest BCUT2D eigenvalue weighted by atomic mass is 16.5. The summed E-state index contributed by atoms with van der Waals surface area (Å²) >= 11 is 0. The molecule has 1 aromatic rings. The van der Waals surface area contributed by atoms with E-state index in [2.05, 4.69) is 0 Å². The number of benzene rings is 1. The third kappa shape index (κ3) is 2.80. The summed E-state index contributed by atoms with van der Waals surface area (Å²) in [6, 6.07) is 5.91. The molecular weight excluding hydrogens is 252 g/mol. The van der Waals surface area contributed by atoms with Gasteiger partial charge >= 0.3 is 0 Å². The minimum atomic E-state index is -0.423. The number of carbonyl (C=O) groups is 1. The van der Waals surface area contributed by atoms with Crippen molar-refractivity contribution in [2.24, 2.45) is 11.7 Å². The van der Waals surface area contributed by atoms with Crippen molar-refractivity contribution >= 4 is 11.6 Å². The van der Waals surface area contributed by atoms with Gasteiger partial charge in [0, 0.05) is 12.6 Å². The number of ether oxygens (including phenoxy) is 1. The molecule has 2 atom stereocenters. The molecule has 1 aromatic carbocycles. The van der Waals surface area contributed by atoms with Crippen LogP contribution in [0.25, 0.3) is 0 Å². The lowest BCUT2D eigenvalue weighted by Gasteiger charge is -2.37. The number of nitrogens with zero attached hydrogens (tertiary/aromatic N) is 1. The summed E-state index contributed by atoms with van der Waals surface area (Å²) in [6.07, 6.45) is 0.423. The molecule has 2 unspecified atom stereocenters. The highest BCUT2D eigenvalue weighted by Crippen LogP contribution is 2.36. The molecule has 20 heavy (non-hydrogen) atoms. The Hall–Kier alpha value is -1.55. The minimum Gasteiger partial charge on any atom is -0.478 e. The number of aryl methyl sites for hydroxylation is 1. The second-order valence-corrected chi connectivity index (χ2v) is 5.87. The van der Waals surface area contributed by atoms with Gasteiger partial charge in [0.1, 0.15) is 5.75 Å². The van der Waals surface area contributed by atoms with E-state index in [0.29, 0.717) is 6.54 Å². The average Bonchev–Trinajstić information content (AvgIpc) is 2.40. The third-order valence-electron chi connectivity index (χ3n) is 3.72. The van der Waals surface area contributed by atoms with Gasteiger partial charge in [-0.05, 0) is 37.0 Å². The molecule has 0 saturated heterocycles. The zero-order chi connectivity index (χ0) is 14.9. The van der Waals surface area contributed by atoms with Crippen LogP contribution in [0.2, 0.25) is 0 Å². The molecule has 4 nitrogen and oxygen atoms in total. The van der Waals surface area contributed by atoms with Gasteiger partial charge in [-0.15, -0.1) is 0 Å². The van der Waals surface area contributed by atoms with Crippen LogP contribution in [-0.4, -0.2) is 24.6 Å². The molecule has 0 spiro atoms. The van der Waals surface area contributed by atoms with Gasteiger partial charge in [0.15, 0.2) is 6.10 Å². The molecule has 110 valence electrons. The van der Waals surface area contributed by atoms with Crippen molar-refractivity contribution in [3.8, 4) is 5.75 Å². The number of hydrogen-bond acceptors (Lipinski definition) is 3. The van der Waals surface area contributed by atoms with E-state index in [0.717, 1.165) is 23.4 Å². The van der Waals surface area contributed by atoms with Gasteiger partial charge in [0.05, 0.1) is 5.69 Å². The Morgan fingerprint density at radius 1 is 1.40 bits per heavy atom. The maximum atomic E-state index is 12.6. The maximum Gasteiger partial charge on any atom is 0.268 e. The quantitative estimate of drug-likeness (QED) is 0.919. The van der Waals surface area contributed by atoms with E-state index in [9.17, 15) is 4.79 Å². The molecule has 4 heteroatoms. The van der Waals surface area contributed by atoms with Gasteiger partial charge < -0.3 is 15.4 Å². The predicted octanol–water partition coefficient (Wildman–Crippen LogP) is 2.48. The van der Waals surface area contributed by atoms with Crippen LogP contribution >= 0.6 is 0 Å². The topological polar surface area (TPSA) is 55.6 Å². The highest BCUT2D eigenvalue weighted by molar-refractivity contribution is 6.00. The summed E-state index contributed by atoms with van der Waals surface area (Å²) in [5.74, 6) is 0.934. The summed E-state index contributed by atoms with van der Waals surface area (Å²) in [5.41, 5.74) is 8.00. The number of hydrogen-bond donors (Lipinski definition) is 1. The SMILES string of the molecule is CCC(N)CN1C(=O)C(C(C)C)Oc2cc(C)ccc21. The van der Waals surface area contributed by atoms with Crippen molar-refractivity contribution < 1.29 is 9.53 Å². The Morgan fingerprint density at radius 2 is 2.10 bits per heavy atom. The second kappa shape index (κ2) is 5.83. The highest BCUT2D eigenvalue weighted by Gasteiger charge is 2.36. The van der Waals surface area contributed by atoms with Crippen LogP contribution in [-0.2, 0) is 4.79 Å². The third-order valence-corrected chi connectivity index (χ3v) is 3.72. The molecular formula is C16H24N2O2. The van der Waals surface area contributed by atoms with Crippen LogP contribution in [0, 0.1) is 12.8 Å². The van der Waals surface area contributed by atoms with Crippen LogP contribution in [0.1, 0.15) is 32.8 Å². The fraction of sp³-hybridized carbons (Fsp3) is 0.562. The van der Waals surface area contributed by atoms with Crippen molar-refractivity contribution in [1.82, 2.24) is 0 Å². The first kappa shape index (κ1) is 14.9. The lowest BCUT2D eigenvalue weighted by molar-refractivity contribution is -0.128. The van der Waals surface area contributed by atoms with E-state index in [4.69, 9.17) is 10.5 Å². The van der Waals surface area contributed by atoms with E-state index in [1.807, 2.05) is 45.9 Å². The maximum absolute atomic E-state index is 12.6. The van der Waals surface area contributed by atoms with Crippen molar-refractivity contribution in [3.05, 3.63) is 23.8 Å². The number of amides is 1. The lowest BCUT2D eigenvalue weighted by Crippen LogP contribution is -2.51. The smallest absolute Gasteiger partial charge is 0.268 e. The predicted molar refractivity (Wildman–Crippen MR) is 81.1 cm³/mol. The standard InChI is InChI=1S/C16H24N2O2/c1-5-12(17)9-18-13-7-6-11(4)8-14(13)20-15(10(2)3)16(18)19/h6-8,10,12,15H,5,9,17H2,1-4H3. The van der Waals surface area contributed by atoms with Gasteiger partial charge in [-0.3, -0.25) is 4.79 Å². The zero-order valence-electron chi connectivity index (χ0n) is 12.7. The first-order valence-electron chi connectivity index (χ1n) is 7.28. The first-order chi connectivity index (χ1) is 9.43. The Kier molecular flexibility index (Phi) is 4.33. The lowest BCUT2D eigenvalue weighted by atomic mass is 10.0. The molecule has 0 aliphatic carbocycles. The Labute approximate surface area is 120 Å². The van der Waals surface area contributed by atoms with Crippen LogP contribution in [0.3, 0.4) is 0 Å². The zero-order valence-corrected chi connectivity index (χ0v) is 12.7. The number of rotatable bonds is 4. The Bertz CT molecular complexity index is 499. The van der Waals surface area contributed by atoms with Gasteiger partial charge in [0.2, 0.25) is 0 Å². The summed E-state index contributed by atoms with van der Waals surface area (Å²) in [6.45, 7) is 8.60. The van der Waals surface area contributed by atoms with E-state index in [1.54, 1.807) is 4.90 Å². The largest absolute Gasteiger partial charge is 0.478 e. The van der Waals surface area contributed by atoms with Gasteiger partial charge in [-0.25, -0.2) is 0 Å². The molecule has 1 heterocycles. The van der Waals surface area contributed by atoms with Gasteiger partial charge in [0.25, 0.3) is 5.91 Å². The molecule has 2 N–H and O–H groups in total. The Balaban J connectivity index is 2.40. The average molecular weight is 276 g/mol. The van der Waals surface area contributed by atoms with Crippen molar-refractivity contribution in [2.45, 2.75) is 46.3 Å². The number of anilines is 1. The molecule has 1 amide bonds. The van der Waals surface area contributed by atoms with Crippen LogP contribution in [0.5, 0.6) is 5.75 Å². The molecule has 0 aromatic heterocycles. The molecule has 1 aliphatic rings. The first-order valence-corrected chi connectivity index (χ1v) is 7.28. The second-order valence-electron chi connectivity index (χ2n) is 5.87. The Morgan fingerprint density at radius 3 is 2.70 bits per heavy atom. The van der Waals surface area contributed by atoms with Crippen LogP contribution in [0.4, 0.5) is 5.69 Å². The fourth-order valence-electron chi connectivity index (χ4n) is 2.37. The van der Waals surface area contributed by atoms with Crippen LogP contribution < -0.4 is 15.4 Å². The summed E-state index contributed by atoms with van der Waals surface area (Å²) < 4.78 is 5.90. The summed E-state index contributed by atoms with van der Waals surface area (Å²) in [5, 5.41) is 0. The van der Waals surface area contributed by atoms with E-state index < -0.39 is 6.10 Å². The number of fused-ring (bicyclic) bond motifs is 1.